The molecule has 2 heterocycles. The average molecular weight is 540 g/mol. The number of nitrogens with one attached hydrogen (secondary N) is 1. The molecule has 170 valence electrons. The van der Waals surface area contributed by atoms with Crippen LogP contribution in [0.4, 0.5) is 0 Å². The first-order chi connectivity index (χ1) is 14.5. The third-order valence-electron chi connectivity index (χ3n) is 5.38. The zero-order valence-electron chi connectivity index (χ0n) is 18.7. The van der Waals surface area contributed by atoms with Crippen LogP contribution < -0.4 is 5.32 Å². The summed E-state index contributed by atoms with van der Waals surface area (Å²) in [6.45, 7) is 8.22. The molecule has 1 aliphatic heterocycles. The number of nitrogens with zero attached hydrogens (tertiary/aromatic N) is 5. The highest BCUT2D eigenvalue weighted by molar-refractivity contribution is 14.0. The lowest BCUT2D eigenvalue weighted by molar-refractivity contribution is -0.00805. The number of benzene rings is 1. The van der Waals surface area contributed by atoms with Crippen molar-refractivity contribution in [2.45, 2.75) is 26.5 Å². The molecule has 1 N–H and O–H groups in total. The fourth-order valence-electron chi connectivity index (χ4n) is 3.62. The minimum Gasteiger partial charge on any atom is -0.370 e. The molecule has 31 heavy (non-hydrogen) atoms. The van der Waals surface area contributed by atoms with E-state index in [1.807, 2.05) is 62.5 Å². The number of halogens is 1. The minimum absolute atomic E-state index is 0. The largest absolute Gasteiger partial charge is 0.370 e. The molecule has 1 aromatic heterocycles. The first-order valence-electron chi connectivity index (χ1n) is 10.5. The van der Waals surface area contributed by atoms with Crippen LogP contribution in [0.25, 0.3) is 0 Å². The van der Waals surface area contributed by atoms with E-state index in [0.29, 0.717) is 26.2 Å². The predicted molar refractivity (Wildman–Crippen MR) is 133 cm³/mol. The number of rotatable bonds is 6. The van der Waals surface area contributed by atoms with Crippen LogP contribution in [0.15, 0.2) is 41.7 Å². The average Bonchev–Trinajstić information content (AvgIpc) is 3.22. The molecule has 0 aliphatic carbocycles. The SMILES string of the molecule is CCN(CC)C(=O)c1ccc(CNC(=NC)N2CCOC(c3cnn(C)c3)C2)cc1.I. The minimum atomic E-state index is -0.0172. The second-order valence-electron chi connectivity index (χ2n) is 7.33. The number of aromatic nitrogens is 2. The number of guanidine groups is 1. The third kappa shape index (κ3) is 6.42. The summed E-state index contributed by atoms with van der Waals surface area (Å²) in [6.07, 6.45) is 3.83. The predicted octanol–water partition coefficient (Wildman–Crippen LogP) is 2.67. The van der Waals surface area contributed by atoms with Crippen molar-refractivity contribution >= 4 is 35.8 Å². The Labute approximate surface area is 201 Å². The van der Waals surface area contributed by atoms with E-state index in [1.54, 1.807) is 11.7 Å². The van der Waals surface area contributed by atoms with E-state index in [4.69, 9.17) is 4.74 Å². The maximum absolute atomic E-state index is 12.5. The summed E-state index contributed by atoms with van der Waals surface area (Å²) in [5, 5.41) is 7.67. The van der Waals surface area contributed by atoms with Crippen molar-refractivity contribution in [3.05, 3.63) is 53.3 Å². The monoisotopic (exact) mass is 540 g/mol. The van der Waals surface area contributed by atoms with Crippen LogP contribution in [0.3, 0.4) is 0 Å². The van der Waals surface area contributed by atoms with Gasteiger partial charge in [0.15, 0.2) is 5.96 Å². The molecule has 1 amide bonds. The van der Waals surface area contributed by atoms with Gasteiger partial charge in [0.05, 0.1) is 19.3 Å². The van der Waals surface area contributed by atoms with Crippen LogP contribution in [-0.4, -0.2) is 71.3 Å². The second kappa shape index (κ2) is 12.0. The Kier molecular flexibility index (Phi) is 9.76. The highest BCUT2D eigenvalue weighted by Gasteiger charge is 2.25. The van der Waals surface area contributed by atoms with Gasteiger partial charge in [-0.2, -0.15) is 5.10 Å². The summed E-state index contributed by atoms with van der Waals surface area (Å²) >= 11 is 0. The number of hydrogen-bond donors (Lipinski definition) is 1. The molecule has 9 heteroatoms. The van der Waals surface area contributed by atoms with Gasteiger partial charge in [0.25, 0.3) is 5.91 Å². The molecular weight excluding hydrogens is 507 g/mol. The maximum Gasteiger partial charge on any atom is 0.253 e. The Morgan fingerprint density at radius 3 is 2.58 bits per heavy atom. The highest BCUT2D eigenvalue weighted by atomic mass is 127. The molecule has 1 saturated heterocycles. The van der Waals surface area contributed by atoms with Crippen LogP contribution in [0, 0.1) is 0 Å². The fraction of sp³-hybridized carbons (Fsp3) is 0.500. The molecule has 1 aromatic carbocycles. The lowest BCUT2D eigenvalue weighted by Gasteiger charge is -2.34. The van der Waals surface area contributed by atoms with E-state index in [9.17, 15) is 4.79 Å². The standard InChI is InChI=1S/C22H32N6O2.HI/c1-5-27(6-2)21(29)18-9-7-17(8-10-18)13-24-22(23-3)28-11-12-30-20(16-28)19-14-25-26(4)15-19;/h7-10,14-15,20H,5-6,11-13,16H2,1-4H3,(H,23,24);1H. The summed E-state index contributed by atoms with van der Waals surface area (Å²) in [4.78, 5) is 20.9. The van der Waals surface area contributed by atoms with Gasteiger partial charge in [-0.15, -0.1) is 24.0 Å². The normalized spacial score (nSPS) is 16.6. The van der Waals surface area contributed by atoms with Crippen molar-refractivity contribution in [3.8, 4) is 0 Å². The Balaban J connectivity index is 0.00000341. The number of morpholine rings is 1. The van der Waals surface area contributed by atoms with Crippen molar-refractivity contribution in [2.24, 2.45) is 12.0 Å². The topological polar surface area (TPSA) is 75.0 Å². The zero-order chi connectivity index (χ0) is 21.5. The molecule has 1 atom stereocenters. The molecule has 0 spiro atoms. The quantitative estimate of drug-likeness (QED) is 0.347. The Bertz CT molecular complexity index is 863. The first kappa shape index (κ1) is 25.1. The molecule has 1 fully saturated rings. The molecule has 0 radical (unpaired) electrons. The molecular formula is C22H33IN6O2. The lowest BCUT2D eigenvalue weighted by atomic mass is 10.1. The van der Waals surface area contributed by atoms with Gasteiger partial charge >= 0.3 is 0 Å². The molecule has 2 aromatic rings. The molecule has 0 bridgehead atoms. The van der Waals surface area contributed by atoms with E-state index >= 15 is 0 Å². The maximum atomic E-state index is 12.5. The summed E-state index contributed by atoms with van der Waals surface area (Å²) < 4.78 is 7.72. The van der Waals surface area contributed by atoms with Crippen LogP contribution in [0.5, 0.6) is 0 Å². The van der Waals surface area contributed by atoms with Gasteiger partial charge in [0.2, 0.25) is 0 Å². The van der Waals surface area contributed by atoms with Crippen molar-refractivity contribution in [1.82, 2.24) is 24.9 Å². The van der Waals surface area contributed by atoms with E-state index < -0.39 is 0 Å². The number of carbonyl (C=O) groups excluding carboxylic acids is 1. The summed E-state index contributed by atoms with van der Waals surface area (Å²) in [6, 6.07) is 7.78. The highest BCUT2D eigenvalue weighted by Crippen LogP contribution is 2.21. The van der Waals surface area contributed by atoms with Crippen molar-refractivity contribution in [3.63, 3.8) is 0 Å². The van der Waals surface area contributed by atoms with Gasteiger partial charge in [-0.05, 0) is 31.5 Å². The molecule has 8 nitrogen and oxygen atoms in total. The van der Waals surface area contributed by atoms with E-state index in [2.05, 4.69) is 20.3 Å². The number of hydrogen-bond acceptors (Lipinski definition) is 4. The molecule has 0 saturated carbocycles. The Morgan fingerprint density at radius 2 is 2.00 bits per heavy atom. The number of aryl methyl sites for hydroxylation is 1. The number of carbonyl (C=O) groups is 1. The molecule has 3 rings (SSSR count). The van der Waals surface area contributed by atoms with Gasteiger partial charge in [-0.3, -0.25) is 14.5 Å². The van der Waals surface area contributed by atoms with Gasteiger partial charge in [-0.1, -0.05) is 12.1 Å². The van der Waals surface area contributed by atoms with Crippen molar-refractivity contribution < 1.29 is 9.53 Å². The summed E-state index contributed by atoms with van der Waals surface area (Å²) in [5.41, 5.74) is 2.90. The number of ether oxygens (including phenoxy) is 1. The zero-order valence-corrected chi connectivity index (χ0v) is 21.1. The van der Waals surface area contributed by atoms with Crippen LogP contribution in [0.2, 0.25) is 0 Å². The number of amides is 1. The van der Waals surface area contributed by atoms with E-state index in [0.717, 1.165) is 35.7 Å². The van der Waals surface area contributed by atoms with Gasteiger partial charge in [-0.25, -0.2) is 0 Å². The molecule has 1 unspecified atom stereocenters. The van der Waals surface area contributed by atoms with Crippen LogP contribution in [-0.2, 0) is 18.3 Å². The summed E-state index contributed by atoms with van der Waals surface area (Å²) in [5.74, 6) is 0.917. The van der Waals surface area contributed by atoms with E-state index in [-0.39, 0.29) is 36.0 Å². The van der Waals surface area contributed by atoms with Crippen LogP contribution >= 0.6 is 24.0 Å². The Hall–Kier alpha value is -2.14. The second-order valence-corrected chi connectivity index (χ2v) is 7.33. The van der Waals surface area contributed by atoms with Crippen molar-refractivity contribution in [2.75, 3.05) is 39.8 Å². The van der Waals surface area contributed by atoms with Crippen molar-refractivity contribution in [1.29, 1.82) is 0 Å². The van der Waals surface area contributed by atoms with Gasteiger partial charge < -0.3 is 19.9 Å². The summed E-state index contributed by atoms with van der Waals surface area (Å²) in [7, 11) is 3.70. The van der Waals surface area contributed by atoms with Gasteiger partial charge in [0.1, 0.15) is 6.10 Å². The fourth-order valence-corrected chi connectivity index (χ4v) is 3.62. The van der Waals surface area contributed by atoms with Crippen LogP contribution in [0.1, 0.15) is 41.4 Å². The van der Waals surface area contributed by atoms with Gasteiger partial charge in [0, 0.05) is 57.6 Å². The smallest absolute Gasteiger partial charge is 0.253 e. The first-order valence-corrected chi connectivity index (χ1v) is 10.5. The molecule has 1 aliphatic rings. The Morgan fingerprint density at radius 1 is 1.29 bits per heavy atom. The third-order valence-corrected chi connectivity index (χ3v) is 5.38. The number of aliphatic imine (C=N–C) groups is 1. The lowest BCUT2D eigenvalue weighted by Crippen LogP contribution is -2.47. The van der Waals surface area contributed by atoms with E-state index in [1.165, 1.54) is 0 Å².